The Morgan fingerprint density at radius 3 is 2.62 bits per heavy atom. The van der Waals surface area contributed by atoms with E-state index in [9.17, 15) is 4.79 Å². The van der Waals surface area contributed by atoms with Crippen LogP contribution >= 0.6 is 0 Å². The number of carbonyl (C=O) groups is 1. The van der Waals surface area contributed by atoms with Crippen LogP contribution in [0.3, 0.4) is 0 Å². The lowest BCUT2D eigenvalue weighted by Crippen LogP contribution is -2.48. The molecule has 2 saturated heterocycles. The minimum Gasteiger partial charge on any atom is -0.336 e. The van der Waals surface area contributed by atoms with Gasteiger partial charge in [0.2, 0.25) is 5.91 Å². The predicted octanol–water partition coefficient (Wildman–Crippen LogP) is 1.53. The molecule has 3 aliphatic rings. The van der Waals surface area contributed by atoms with Crippen molar-refractivity contribution in [3.8, 4) is 0 Å². The van der Waals surface area contributed by atoms with E-state index in [1.165, 1.54) is 25.7 Å². The van der Waals surface area contributed by atoms with E-state index in [0.29, 0.717) is 23.9 Å². The van der Waals surface area contributed by atoms with Crippen LogP contribution in [0.2, 0.25) is 0 Å². The minimum absolute atomic E-state index is 0.448. The molecule has 1 amide bonds. The first kappa shape index (κ1) is 10.6. The van der Waals surface area contributed by atoms with Crippen molar-refractivity contribution < 1.29 is 4.79 Å². The SMILES string of the molecule is O=C1C[C@@H]2CCCC[C@H]2N1C1CCNCC1. The first-order valence-electron chi connectivity index (χ1n) is 6.88. The maximum Gasteiger partial charge on any atom is 0.223 e. The Bertz CT molecular complexity index is 273. The molecule has 90 valence electrons. The highest BCUT2D eigenvalue weighted by molar-refractivity contribution is 5.79. The molecule has 0 spiro atoms. The molecule has 3 nitrogen and oxygen atoms in total. The lowest BCUT2D eigenvalue weighted by atomic mass is 9.84. The molecule has 1 saturated carbocycles. The molecule has 1 aliphatic carbocycles. The largest absolute Gasteiger partial charge is 0.336 e. The van der Waals surface area contributed by atoms with E-state index in [1.807, 2.05) is 0 Å². The molecule has 0 aromatic carbocycles. The van der Waals surface area contributed by atoms with Gasteiger partial charge < -0.3 is 10.2 Å². The molecular formula is C13H22N2O. The Hall–Kier alpha value is -0.570. The Balaban J connectivity index is 1.74. The average Bonchev–Trinajstić information content (AvgIpc) is 2.66. The second-order valence-corrected chi connectivity index (χ2v) is 5.60. The molecule has 0 bridgehead atoms. The Morgan fingerprint density at radius 1 is 1.06 bits per heavy atom. The topological polar surface area (TPSA) is 32.3 Å². The van der Waals surface area contributed by atoms with Crippen LogP contribution in [0.5, 0.6) is 0 Å². The van der Waals surface area contributed by atoms with Crippen LogP contribution in [-0.4, -0.2) is 36.0 Å². The van der Waals surface area contributed by atoms with Gasteiger partial charge in [-0.3, -0.25) is 4.79 Å². The van der Waals surface area contributed by atoms with E-state index in [-0.39, 0.29) is 0 Å². The highest BCUT2D eigenvalue weighted by Gasteiger charge is 2.43. The standard InChI is InChI=1S/C13H22N2O/c16-13-9-10-3-1-2-4-12(10)15(13)11-5-7-14-8-6-11/h10-12,14H,1-9H2/t10-,12+/m0/s1. The van der Waals surface area contributed by atoms with Gasteiger partial charge in [0.25, 0.3) is 0 Å². The van der Waals surface area contributed by atoms with Crippen LogP contribution < -0.4 is 5.32 Å². The van der Waals surface area contributed by atoms with Crippen molar-refractivity contribution in [1.29, 1.82) is 0 Å². The van der Waals surface area contributed by atoms with Gasteiger partial charge >= 0.3 is 0 Å². The fourth-order valence-corrected chi connectivity index (χ4v) is 3.87. The van der Waals surface area contributed by atoms with Crippen molar-refractivity contribution in [2.24, 2.45) is 5.92 Å². The van der Waals surface area contributed by atoms with Crippen LogP contribution in [0.4, 0.5) is 0 Å². The molecular weight excluding hydrogens is 200 g/mol. The summed E-state index contributed by atoms with van der Waals surface area (Å²) in [5.41, 5.74) is 0. The van der Waals surface area contributed by atoms with E-state index in [1.54, 1.807) is 0 Å². The van der Waals surface area contributed by atoms with Crippen LogP contribution in [-0.2, 0) is 4.79 Å². The zero-order valence-electron chi connectivity index (χ0n) is 9.95. The molecule has 3 heteroatoms. The van der Waals surface area contributed by atoms with E-state index >= 15 is 0 Å². The third-order valence-corrected chi connectivity index (χ3v) is 4.65. The summed E-state index contributed by atoms with van der Waals surface area (Å²) < 4.78 is 0. The maximum atomic E-state index is 12.1. The number of piperidine rings is 1. The molecule has 0 aromatic rings. The van der Waals surface area contributed by atoms with Gasteiger partial charge in [-0.2, -0.15) is 0 Å². The lowest BCUT2D eigenvalue weighted by molar-refractivity contribution is -0.131. The van der Waals surface area contributed by atoms with E-state index in [0.717, 1.165) is 32.4 Å². The minimum atomic E-state index is 0.448. The number of hydrogen-bond acceptors (Lipinski definition) is 2. The van der Waals surface area contributed by atoms with Gasteiger partial charge in [-0.1, -0.05) is 12.8 Å². The molecule has 2 heterocycles. The third-order valence-electron chi connectivity index (χ3n) is 4.65. The Labute approximate surface area is 97.6 Å². The summed E-state index contributed by atoms with van der Waals surface area (Å²) in [6.45, 7) is 2.18. The predicted molar refractivity (Wildman–Crippen MR) is 63.1 cm³/mol. The molecule has 0 aromatic heterocycles. The van der Waals surface area contributed by atoms with Crippen molar-refractivity contribution in [3.05, 3.63) is 0 Å². The smallest absolute Gasteiger partial charge is 0.223 e. The van der Waals surface area contributed by atoms with Crippen LogP contribution in [0.25, 0.3) is 0 Å². The van der Waals surface area contributed by atoms with Crippen molar-refractivity contribution in [3.63, 3.8) is 0 Å². The number of rotatable bonds is 1. The molecule has 0 unspecified atom stereocenters. The second-order valence-electron chi connectivity index (χ2n) is 5.60. The monoisotopic (exact) mass is 222 g/mol. The highest BCUT2D eigenvalue weighted by Crippen LogP contribution is 2.39. The summed E-state index contributed by atoms with van der Waals surface area (Å²) in [6, 6.07) is 1.14. The summed E-state index contributed by atoms with van der Waals surface area (Å²) >= 11 is 0. The highest BCUT2D eigenvalue weighted by atomic mass is 16.2. The zero-order chi connectivity index (χ0) is 11.0. The number of likely N-dealkylation sites (tertiary alicyclic amines) is 1. The van der Waals surface area contributed by atoms with Gasteiger partial charge in [-0.05, 0) is 44.7 Å². The molecule has 2 aliphatic heterocycles. The normalized spacial score (nSPS) is 36.5. The van der Waals surface area contributed by atoms with Gasteiger partial charge in [-0.15, -0.1) is 0 Å². The first-order chi connectivity index (χ1) is 7.86. The number of fused-ring (bicyclic) bond motifs is 1. The van der Waals surface area contributed by atoms with Crippen molar-refractivity contribution in [2.45, 2.75) is 57.0 Å². The molecule has 1 N–H and O–H groups in total. The molecule has 0 radical (unpaired) electrons. The van der Waals surface area contributed by atoms with E-state index in [4.69, 9.17) is 0 Å². The zero-order valence-corrected chi connectivity index (χ0v) is 9.95. The third kappa shape index (κ3) is 1.75. The summed E-state index contributed by atoms with van der Waals surface area (Å²) in [7, 11) is 0. The molecule has 16 heavy (non-hydrogen) atoms. The van der Waals surface area contributed by atoms with Crippen molar-refractivity contribution in [2.75, 3.05) is 13.1 Å². The number of nitrogens with zero attached hydrogens (tertiary/aromatic N) is 1. The number of carbonyl (C=O) groups excluding carboxylic acids is 1. The summed E-state index contributed by atoms with van der Waals surface area (Å²) in [5, 5.41) is 3.39. The number of amides is 1. The Morgan fingerprint density at radius 2 is 1.81 bits per heavy atom. The van der Waals surface area contributed by atoms with Gasteiger partial charge in [0, 0.05) is 18.5 Å². The molecule has 3 rings (SSSR count). The first-order valence-corrected chi connectivity index (χ1v) is 6.88. The fourth-order valence-electron chi connectivity index (χ4n) is 3.87. The number of nitrogens with one attached hydrogen (secondary N) is 1. The van der Waals surface area contributed by atoms with Crippen molar-refractivity contribution >= 4 is 5.91 Å². The summed E-state index contributed by atoms with van der Waals surface area (Å²) in [6.07, 6.45) is 8.39. The number of hydrogen-bond donors (Lipinski definition) is 1. The van der Waals surface area contributed by atoms with E-state index in [2.05, 4.69) is 10.2 Å². The molecule has 3 fully saturated rings. The van der Waals surface area contributed by atoms with Crippen molar-refractivity contribution in [1.82, 2.24) is 10.2 Å². The van der Waals surface area contributed by atoms with Gasteiger partial charge in [0.05, 0.1) is 0 Å². The van der Waals surface area contributed by atoms with E-state index < -0.39 is 0 Å². The molecule has 2 atom stereocenters. The van der Waals surface area contributed by atoms with Crippen LogP contribution in [0, 0.1) is 5.92 Å². The van der Waals surface area contributed by atoms with Gasteiger partial charge in [-0.25, -0.2) is 0 Å². The fraction of sp³-hybridized carbons (Fsp3) is 0.923. The summed E-state index contributed by atoms with van der Waals surface area (Å²) in [4.78, 5) is 14.4. The van der Waals surface area contributed by atoms with Crippen LogP contribution in [0.15, 0.2) is 0 Å². The Kier molecular flexibility index (Phi) is 2.88. The summed E-state index contributed by atoms with van der Waals surface area (Å²) in [5.74, 6) is 1.14. The van der Waals surface area contributed by atoms with Crippen LogP contribution in [0.1, 0.15) is 44.9 Å². The lowest BCUT2D eigenvalue weighted by Gasteiger charge is -2.39. The van der Waals surface area contributed by atoms with Gasteiger partial charge in [0.1, 0.15) is 0 Å². The maximum absolute atomic E-state index is 12.1. The van der Waals surface area contributed by atoms with Gasteiger partial charge in [0.15, 0.2) is 0 Å². The quantitative estimate of drug-likeness (QED) is 0.729. The average molecular weight is 222 g/mol. The second kappa shape index (κ2) is 4.36.